The van der Waals surface area contributed by atoms with Crippen LogP contribution in [0.4, 0.5) is 9.59 Å². The van der Waals surface area contributed by atoms with Crippen molar-refractivity contribution < 1.29 is 28.7 Å². The second-order valence-electron chi connectivity index (χ2n) is 7.78. The van der Waals surface area contributed by atoms with Gasteiger partial charge in [0.15, 0.2) is 6.61 Å². The summed E-state index contributed by atoms with van der Waals surface area (Å²) in [4.78, 5) is 49.2. The predicted molar refractivity (Wildman–Crippen MR) is 117 cm³/mol. The molecule has 1 aliphatic rings. The summed E-state index contributed by atoms with van der Waals surface area (Å²) in [6.45, 7) is 6.78. The molecule has 1 heterocycles. The van der Waals surface area contributed by atoms with Gasteiger partial charge in [0.25, 0.3) is 5.91 Å². The third-order valence-corrected chi connectivity index (χ3v) is 4.78. The van der Waals surface area contributed by atoms with E-state index >= 15 is 0 Å². The molecule has 0 atom stereocenters. The molecule has 0 aromatic heterocycles. The minimum absolute atomic E-state index is 0.0433. The van der Waals surface area contributed by atoms with Crippen molar-refractivity contribution in [1.29, 1.82) is 0 Å². The largest absolute Gasteiger partial charge is 0.452 e. The molecule has 0 saturated carbocycles. The van der Waals surface area contributed by atoms with Gasteiger partial charge in [0.05, 0.1) is 12.2 Å². The molecular formula is C22H32N4O6. The maximum absolute atomic E-state index is 12.2. The van der Waals surface area contributed by atoms with Crippen molar-refractivity contribution in [1.82, 2.24) is 20.9 Å². The van der Waals surface area contributed by atoms with Crippen LogP contribution >= 0.6 is 0 Å². The number of nitrogens with one attached hydrogen (secondary N) is 3. The monoisotopic (exact) mass is 448 g/mol. The standard InChI is InChI=1S/C22H32N4O6/c1-4-31-22(30)26-11-9-18(10-12-26)25-19(27)14-32-20(28)17-7-5-16(6-8-17)13-23-21(29)24-15(2)3/h5-8,15,18H,4,9-14H2,1-3H3,(H,25,27)(H2,23,24,29). The SMILES string of the molecule is CCOC(=O)N1CCC(NC(=O)COC(=O)c2ccc(CNC(=O)NC(C)C)cc2)CC1. The van der Waals surface area contributed by atoms with Crippen LogP contribution in [0.5, 0.6) is 0 Å². The van der Waals surface area contributed by atoms with Gasteiger partial charge < -0.3 is 30.3 Å². The van der Waals surface area contributed by atoms with Crippen LogP contribution in [0.2, 0.25) is 0 Å². The zero-order valence-corrected chi connectivity index (χ0v) is 18.8. The van der Waals surface area contributed by atoms with Crippen molar-refractivity contribution in [3.63, 3.8) is 0 Å². The molecule has 0 spiro atoms. The van der Waals surface area contributed by atoms with Crippen LogP contribution in [0.25, 0.3) is 0 Å². The van der Waals surface area contributed by atoms with Crippen molar-refractivity contribution in [2.75, 3.05) is 26.3 Å². The number of likely N-dealkylation sites (tertiary alicyclic amines) is 1. The number of nitrogens with zero attached hydrogens (tertiary/aromatic N) is 1. The number of urea groups is 1. The second-order valence-corrected chi connectivity index (χ2v) is 7.78. The summed E-state index contributed by atoms with van der Waals surface area (Å²) in [6, 6.07) is 6.30. The van der Waals surface area contributed by atoms with E-state index in [1.807, 2.05) is 13.8 Å². The highest BCUT2D eigenvalue weighted by molar-refractivity contribution is 5.91. The molecule has 4 amide bonds. The van der Waals surface area contributed by atoms with Crippen LogP contribution in [0.15, 0.2) is 24.3 Å². The molecule has 0 aliphatic carbocycles. The quantitative estimate of drug-likeness (QED) is 0.521. The molecule has 176 valence electrons. The fourth-order valence-electron chi connectivity index (χ4n) is 3.16. The van der Waals surface area contributed by atoms with Gasteiger partial charge in [-0.15, -0.1) is 0 Å². The minimum Gasteiger partial charge on any atom is -0.452 e. The fourth-order valence-corrected chi connectivity index (χ4v) is 3.16. The Kier molecular flexibility index (Phi) is 9.77. The molecule has 2 rings (SSSR count). The summed E-state index contributed by atoms with van der Waals surface area (Å²) in [5.41, 5.74) is 1.14. The Morgan fingerprint density at radius 1 is 1.06 bits per heavy atom. The van der Waals surface area contributed by atoms with Crippen molar-refractivity contribution in [3.05, 3.63) is 35.4 Å². The zero-order valence-electron chi connectivity index (χ0n) is 18.8. The maximum atomic E-state index is 12.2. The Morgan fingerprint density at radius 2 is 1.72 bits per heavy atom. The number of carbonyl (C=O) groups excluding carboxylic acids is 4. The number of hydrogen-bond acceptors (Lipinski definition) is 6. The molecule has 0 bridgehead atoms. The number of hydrogen-bond donors (Lipinski definition) is 3. The highest BCUT2D eigenvalue weighted by atomic mass is 16.6. The molecule has 10 nitrogen and oxygen atoms in total. The van der Waals surface area contributed by atoms with E-state index < -0.39 is 5.97 Å². The van der Waals surface area contributed by atoms with Crippen LogP contribution in [0, 0.1) is 0 Å². The number of ether oxygens (including phenoxy) is 2. The Bertz CT molecular complexity index is 788. The molecule has 1 aromatic carbocycles. The van der Waals surface area contributed by atoms with Crippen LogP contribution in [0.3, 0.4) is 0 Å². The van der Waals surface area contributed by atoms with Gasteiger partial charge in [0.2, 0.25) is 0 Å². The summed E-state index contributed by atoms with van der Waals surface area (Å²) in [5, 5.41) is 8.28. The summed E-state index contributed by atoms with van der Waals surface area (Å²) in [6.07, 6.45) is 0.888. The highest BCUT2D eigenvalue weighted by Gasteiger charge is 2.24. The average molecular weight is 449 g/mol. The van der Waals surface area contributed by atoms with E-state index in [1.54, 1.807) is 36.1 Å². The number of amides is 4. The Balaban J connectivity index is 1.69. The van der Waals surface area contributed by atoms with Crippen molar-refractivity contribution in [2.45, 2.75) is 52.2 Å². The van der Waals surface area contributed by atoms with Crippen LogP contribution in [-0.4, -0.2) is 67.3 Å². The molecule has 1 aromatic rings. The third kappa shape index (κ3) is 8.44. The van der Waals surface area contributed by atoms with Gasteiger partial charge in [-0.25, -0.2) is 14.4 Å². The number of carbonyl (C=O) groups is 4. The van der Waals surface area contributed by atoms with E-state index in [9.17, 15) is 19.2 Å². The number of benzene rings is 1. The summed E-state index contributed by atoms with van der Waals surface area (Å²) < 4.78 is 10.1. The minimum atomic E-state index is -0.602. The molecule has 1 saturated heterocycles. The van der Waals surface area contributed by atoms with E-state index in [0.717, 1.165) is 5.56 Å². The predicted octanol–water partition coefficient (Wildman–Crippen LogP) is 1.79. The molecule has 0 unspecified atom stereocenters. The molecular weight excluding hydrogens is 416 g/mol. The smallest absolute Gasteiger partial charge is 0.409 e. The molecule has 3 N–H and O–H groups in total. The number of esters is 1. The Labute approximate surface area is 188 Å². The Hall–Kier alpha value is -3.30. The first-order valence-corrected chi connectivity index (χ1v) is 10.8. The summed E-state index contributed by atoms with van der Waals surface area (Å²) in [7, 11) is 0. The van der Waals surface area contributed by atoms with Gasteiger partial charge in [0, 0.05) is 31.7 Å². The lowest BCUT2D eigenvalue weighted by Gasteiger charge is -2.31. The van der Waals surface area contributed by atoms with Crippen molar-refractivity contribution in [2.24, 2.45) is 0 Å². The lowest BCUT2D eigenvalue weighted by atomic mass is 10.1. The average Bonchev–Trinajstić information content (AvgIpc) is 2.76. The first kappa shape index (κ1) is 25.0. The first-order valence-electron chi connectivity index (χ1n) is 10.8. The molecule has 0 radical (unpaired) electrons. The van der Waals surface area contributed by atoms with Gasteiger partial charge in [0.1, 0.15) is 0 Å². The summed E-state index contributed by atoms with van der Waals surface area (Å²) in [5.74, 6) is -0.987. The van der Waals surface area contributed by atoms with E-state index in [1.165, 1.54) is 0 Å². The van der Waals surface area contributed by atoms with Gasteiger partial charge >= 0.3 is 18.1 Å². The number of piperidine rings is 1. The van der Waals surface area contributed by atoms with Gasteiger partial charge in [-0.05, 0) is 51.3 Å². The van der Waals surface area contributed by atoms with Gasteiger partial charge in [-0.2, -0.15) is 0 Å². The van der Waals surface area contributed by atoms with E-state index in [0.29, 0.717) is 44.6 Å². The lowest BCUT2D eigenvalue weighted by molar-refractivity contribution is -0.125. The Morgan fingerprint density at radius 3 is 2.31 bits per heavy atom. The fraction of sp³-hybridized carbons (Fsp3) is 0.545. The topological polar surface area (TPSA) is 126 Å². The highest BCUT2D eigenvalue weighted by Crippen LogP contribution is 2.12. The van der Waals surface area contributed by atoms with E-state index in [2.05, 4.69) is 16.0 Å². The van der Waals surface area contributed by atoms with Crippen molar-refractivity contribution >= 4 is 24.0 Å². The van der Waals surface area contributed by atoms with E-state index in [-0.39, 0.29) is 36.7 Å². The number of rotatable bonds is 8. The zero-order chi connectivity index (χ0) is 23.5. The van der Waals surface area contributed by atoms with Gasteiger partial charge in [-0.3, -0.25) is 4.79 Å². The molecule has 1 aliphatic heterocycles. The van der Waals surface area contributed by atoms with Gasteiger partial charge in [-0.1, -0.05) is 12.1 Å². The molecule has 10 heteroatoms. The summed E-state index contributed by atoms with van der Waals surface area (Å²) >= 11 is 0. The molecule has 32 heavy (non-hydrogen) atoms. The molecule has 1 fully saturated rings. The van der Waals surface area contributed by atoms with Crippen LogP contribution in [-0.2, 0) is 20.8 Å². The normalized spacial score (nSPS) is 13.9. The first-order chi connectivity index (χ1) is 15.3. The maximum Gasteiger partial charge on any atom is 0.409 e. The lowest BCUT2D eigenvalue weighted by Crippen LogP contribution is -2.47. The second kappa shape index (κ2) is 12.5. The third-order valence-electron chi connectivity index (χ3n) is 4.78. The van der Waals surface area contributed by atoms with Crippen LogP contribution in [0.1, 0.15) is 49.5 Å². The van der Waals surface area contributed by atoms with Crippen LogP contribution < -0.4 is 16.0 Å². The van der Waals surface area contributed by atoms with E-state index in [4.69, 9.17) is 9.47 Å². The van der Waals surface area contributed by atoms with Crippen molar-refractivity contribution in [3.8, 4) is 0 Å².